The van der Waals surface area contributed by atoms with Gasteiger partial charge in [0.2, 0.25) is 0 Å². The summed E-state index contributed by atoms with van der Waals surface area (Å²) in [6.07, 6.45) is 4.60. The van der Waals surface area contributed by atoms with E-state index in [2.05, 4.69) is 32.9 Å². The highest BCUT2D eigenvalue weighted by molar-refractivity contribution is 5.77. The van der Waals surface area contributed by atoms with Gasteiger partial charge in [-0.3, -0.25) is 4.79 Å². The Hall–Kier alpha value is -1.31. The summed E-state index contributed by atoms with van der Waals surface area (Å²) in [7, 11) is 0. The van der Waals surface area contributed by atoms with Crippen molar-refractivity contribution in [3.05, 3.63) is 35.9 Å². The fourth-order valence-corrected chi connectivity index (χ4v) is 4.01. The van der Waals surface area contributed by atoms with E-state index in [1.54, 1.807) is 0 Å². The number of hydrogen-bond acceptors (Lipinski definition) is 2. The zero-order chi connectivity index (χ0) is 15.7. The lowest BCUT2D eigenvalue weighted by Crippen LogP contribution is -2.36. The largest absolute Gasteiger partial charge is 0.462 e. The van der Waals surface area contributed by atoms with E-state index in [0.29, 0.717) is 23.7 Å². The molecule has 0 unspecified atom stereocenters. The second kappa shape index (κ2) is 6.44. The summed E-state index contributed by atoms with van der Waals surface area (Å²) in [4.78, 5) is 12.5. The molecule has 2 fully saturated rings. The molecule has 0 aliphatic heterocycles. The first kappa shape index (κ1) is 15.6. The Morgan fingerprint density at radius 3 is 2.55 bits per heavy atom. The van der Waals surface area contributed by atoms with Gasteiger partial charge >= 0.3 is 5.97 Å². The first-order chi connectivity index (χ1) is 10.6. The van der Waals surface area contributed by atoms with Gasteiger partial charge < -0.3 is 4.74 Å². The van der Waals surface area contributed by atoms with E-state index in [1.807, 2.05) is 18.2 Å². The van der Waals surface area contributed by atoms with Crippen molar-refractivity contribution in [2.45, 2.75) is 58.5 Å². The predicted octanol–water partition coefficient (Wildman–Crippen LogP) is 4.79. The summed E-state index contributed by atoms with van der Waals surface area (Å²) in [5.74, 6) is 2.32. The third-order valence-corrected chi connectivity index (χ3v) is 5.55. The van der Waals surface area contributed by atoms with E-state index in [0.717, 1.165) is 12.8 Å². The van der Waals surface area contributed by atoms with Gasteiger partial charge in [-0.05, 0) is 48.5 Å². The molecule has 120 valence electrons. The van der Waals surface area contributed by atoms with Crippen LogP contribution in [0.1, 0.15) is 57.9 Å². The maximum Gasteiger partial charge on any atom is 0.309 e. The van der Waals surface area contributed by atoms with Crippen LogP contribution in [-0.2, 0) is 9.53 Å². The van der Waals surface area contributed by atoms with Crippen LogP contribution in [0.3, 0.4) is 0 Å². The summed E-state index contributed by atoms with van der Waals surface area (Å²) in [6, 6.07) is 10.4. The summed E-state index contributed by atoms with van der Waals surface area (Å²) < 4.78 is 5.97. The molecule has 0 N–H and O–H groups in total. The second-order valence-electron chi connectivity index (χ2n) is 7.66. The van der Waals surface area contributed by atoms with Crippen molar-refractivity contribution < 1.29 is 9.53 Å². The highest BCUT2D eigenvalue weighted by atomic mass is 16.5. The molecular weight excluding hydrogens is 272 g/mol. The third-order valence-electron chi connectivity index (χ3n) is 5.55. The molecule has 2 saturated carbocycles. The maximum atomic E-state index is 12.5. The predicted molar refractivity (Wildman–Crippen MR) is 88.5 cm³/mol. The van der Waals surface area contributed by atoms with Crippen LogP contribution in [-0.4, -0.2) is 12.1 Å². The minimum atomic E-state index is 0.0404. The van der Waals surface area contributed by atoms with Crippen molar-refractivity contribution >= 4 is 5.97 Å². The number of rotatable bonds is 4. The lowest BCUT2D eigenvalue weighted by molar-refractivity contribution is -0.157. The monoisotopic (exact) mass is 300 g/mol. The van der Waals surface area contributed by atoms with E-state index < -0.39 is 0 Å². The molecule has 0 radical (unpaired) electrons. The molecule has 1 aromatic carbocycles. The van der Waals surface area contributed by atoms with E-state index in [4.69, 9.17) is 4.74 Å². The van der Waals surface area contributed by atoms with Crippen molar-refractivity contribution in [2.24, 2.45) is 23.7 Å². The van der Waals surface area contributed by atoms with E-state index in [1.165, 1.54) is 18.4 Å². The standard InChI is InChI=1S/C20H28O2/c1-13(2)16-10-9-14(3)11-19(16)22-20(21)18-12-17(18)15-7-5-4-6-8-15/h4-8,13-14,16-19H,9-12H2,1-3H3/t14-,16-,17-,18-,19+/m0/s1. The van der Waals surface area contributed by atoms with Crippen molar-refractivity contribution in [1.29, 1.82) is 0 Å². The van der Waals surface area contributed by atoms with Crippen LogP contribution in [0.4, 0.5) is 0 Å². The van der Waals surface area contributed by atoms with Crippen LogP contribution in [0, 0.1) is 23.7 Å². The topological polar surface area (TPSA) is 26.3 Å². The lowest BCUT2D eigenvalue weighted by Gasteiger charge is -2.36. The first-order valence-corrected chi connectivity index (χ1v) is 8.81. The van der Waals surface area contributed by atoms with Crippen LogP contribution < -0.4 is 0 Å². The molecule has 2 aliphatic carbocycles. The molecule has 1 aromatic rings. The van der Waals surface area contributed by atoms with E-state index in [-0.39, 0.29) is 18.0 Å². The Labute approximate surface area is 134 Å². The van der Waals surface area contributed by atoms with Crippen LogP contribution in [0.25, 0.3) is 0 Å². The molecule has 0 bridgehead atoms. The van der Waals surface area contributed by atoms with Gasteiger partial charge in [-0.2, -0.15) is 0 Å². The Kier molecular flexibility index (Phi) is 4.56. The van der Waals surface area contributed by atoms with Crippen LogP contribution in [0.15, 0.2) is 30.3 Å². The van der Waals surface area contributed by atoms with Gasteiger partial charge in [0.1, 0.15) is 6.10 Å². The zero-order valence-corrected chi connectivity index (χ0v) is 14.0. The zero-order valence-electron chi connectivity index (χ0n) is 14.0. The van der Waals surface area contributed by atoms with Gasteiger partial charge in [0, 0.05) is 0 Å². The van der Waals surface area contributed by atoms with Gasteiger partial charge in [0.05, 0.1) is 5.92 Å². The molecule has 0 saturated heterocycles. The lowest BCUT2D eigenvalue weighted by atomic mass is 9.75. The Bertz CT molecular complexity index is 508. The van der Waals surface area contributed by atoms with E-state index in [9.17, 15) is 4.79 Å². The molecule has 0 aromatic heterocycles. The molecule has 2 aliphatic rings. The molecule has 0 heterocycles. The number of benzene rings is 1. The molecule has 22 heavy (non-hydrogen) atoms. The van der Waals surface area contributed by atoms with Crippen LogP contribution in [0.5, 0.6) is 0 Å². The summed E-state index contributed by atoms with van der Waals surface area (Å²) in [5, 5.41) is 0. The molecule has 0 spiro atoms. The fourth-order valence-electron chi connectivity index (χ4n) is 4.01. The number of ether oxygens (including phenoxy) is 1. The van der Waals surface area contributed by atoms with Gasteiger partial charge in [0.15, 0.2) is 0 Å². The second-order valence-corrected chi connectivity index (χ2v) is 7.66. The fraction of sp³-hybridized carbons (Fsp3) is 0.650. The maximum absolute atomic E-state index is 12.5. The molecule has 3 rings (SSSR count). The van der Waals surface area contributed by atoms with Crippen molar-refractivity contribution in [3.8, 4) is 0 Å². The van der Waals surface area contributed by atoms with Crippen molar-refractivity contribution in [3.63, 3.8) is 0 Å². The van der Waals surface area contributed by atoms with Gasteiger partial charge in [0.25, 0.3) is 0 Å². The van der Waals surface area contributed by atoms with E-state index >= 15 is 0 Å². The smallest absolute Gasteiger partial charge is 0.309 e. The molecule has 2 heteroatoms. The van der Waals surface area contributed by atoms with Gasteiger partial charge in [-0.1, -0.05) is 57.5 Å². The molecule has 2 nitrogen and oxygen atoms in total. The first-order valence-electron chi connectivity index (χ1n) is 8.81. The van der Waals surface area contributed by atoms with Crippen molar-refractivity contribution in [1.82, 2.24) is 0 Å². The normalized spacial score (nSPS) is 34.5. The number of carbonyl (C=O) groups excluding carboxylic acids is 1. The molecule has 0 amide bonds. The number of hydrogen-bond donors (Lipinski definition) is 0. The minimum Gasteiger partial charge on any atom is -0.462 e. The Balaban J connectivity index is 1.59. The molecule has 5 atom stereocenters. The molecular formula is C20H28O2. The Morgan fingerprint density at radius 1 is 1.14 bits per heavy atom. The average Bonchev–Trinajstić information content (AvgIpc) is 3.28. The van der Waals surface area contributed by atoms with Gasteiger partial charge in [-0.25, -0.2) is 0 Å². The van der Waals surface area contributed by atoms with Crippen LogP contribution in [0.2, 0.25) is 0 Å². The SMILES string of the molecule is CC(C)[C@@H]1CC[C@H](C)C[C@H]1OC(=O)[C@H]1C[C@H]1c1ccccc1. The quantitative estimate of drug-likeness (QED) is 0.747. The summed E-state index contributed by atoms with van der Waals surface area (Å²) in [5.41, 5.74) is 1.28. The van der Waals surface area contributed by atoms with Gasteiger partial charge in [-0.15, -0.1) is 0 Å². The highest BCUT2D eigenvalue weighted by Crippen LogP contribution is 2.49. The average molecular weight is 300 g/mol. The van der Waals surface area contributed by atoms with Crippen LogP contribution >= 0.6 is 0 Å². The Morgan fingerprint density at radius 2 is 1.86 bits per heavy atom. The third kappa shape index (κ3) is 3.37. The minimum absolute atomic E-state index is 0.0404. The highest BCUT2D eigenvalue weighted by Gasteiger charge is 2.46. The number of carbonyl (C=O) groups is 1. The summed E-state index contributed by atoms with van der Waals surface area (Å²) in [6.45, 7) is 6.79. The van der Waals surface area contributed by atoms with Crippen molar-refractivity contribution in [2.75, 3.05) is 0 Å². The number of esters is 1. The summed E-state index contributed by atoms with van der Waals surface area (Å²) >= 11 is 0.